The molecule has 0 unspecified atom stereocenters. The van der Waals surface area contributed by atoms with Crippen LogP contribution in [0, 0.1) is 13.8 Å². The molecule has 28 heavy (non-hydrogen) atoms. The Morgan fingerprint density at radius 1 is 1.00 bits per heavy atom. The molecule has 1 saturated heterocycles. The van der Waals surface area contributed by atoms with Crippen LogP contribution in [-0.4, -0.2) is 43.5 Å². The predicted molar refractivity (Wildman–Crippen MR) is 109 cm³/mol. The first kappa shape index (κ1) is 20.5. The van der Waals surface area contributed by atoms with E-state index in [1.807, 2.05) is 32.0 Å². The first-order valence-corrected chi connectivity index (χ1v) is 10.7. The second-order valence-corrected chi connectivity index (χ2v) is 9.08. The molecule has 0 aromatic heterocycles. The van der Waals surface area contributed by atoms with Crippen LogP contribution in [0.4, 0.5) is 0 Å². The maximum absolute atomic E-state index is 13.2. The van der Waals surface area contributed by atoms with Crippen LogP contribution in [0.3, 0.4) is 0 Å². The highest BCUT2D eigenvalue weighted by Crippen LogP contribution is 2.27. The second-order valence-electron chi connectivity index (χ2n) is 7.15. The summed E-state index contributed by atoms with van der Waals surface area (Å²) in [4.78, 5) is 11.1. The lowest BCUT2D eigenvalue weighted by atomic mass is 10.1. The van der Waals surface area contributed by atoms with Crippen molar-refractivity contribution in [2.45, 2.75) is 33.4 Å². The van der Waals surface area contributed by atoms with E-state index in [0.717, 1.165) is 29.4 Å². The van der Waals surface area contributed by atoms with Crippen molar-refractivity contribution in [3.8, 4) is 5.75 Å². The Hall–Kier alpha value is -2.22. The molecule has 6 nitrogen and oxygen atoms in total. The third-order valence-electron chi connectivity index (χ3n) is 5.11. The van der Waals surface area contributed by atoms with Crippen LogP contribution in [0.15, 0.2) is 36.4 Å². The Labute approximate surface area is 166 Å². The predicted octanol–water partition coefficient (Wildman–Crippen LogP) is 3.08. The van der Waals surface area contributed by atoms with Gasteiger partial charge >= 0.3 is 0 Å². The fraction of sp³-hybridized carbons (Fsp3) is 0.381. The van der Waals surface area contributed by atoms with E-state index in [4.69, 9.17) is 4.74 Å². The number of nitrogens with zero attached hydrogens (tertiary/aromatic N) is 2. The van der Waals surface area contributed by atoms with Gasteiger partial charge < -0.3 is 4.74 Å². The average molecular weight is 403 g/mol. The molecule has 0 N–H and O–H groups in total. The molecule has 2 aromatic rings. The van der Waals surface area contributed by atoms with Gasteiger partial charge in [-0.3, -0.25) is 4.79 Å². The Balaban J connectivity index is 1.86. The van der Waals surface area contributed by atoms with Gasteiger partial charge in [-0.1, -0.05) is 23.8 Å². The minimum Gasteiger partial charge on any atom is -0.496 e. The van der Waals surface area contributed by atoms with Crippen molar-refractivity contribution in [3.05, 3.63) is 64.2 Å². The van der Waals surface area contributed by atoms with Gasteiger partial charge in [-0.2, -0.15) is 17.0 Å². The van der Waals surface area contributed by atoms with Gasteiger partial charge in [0.1, 0.15) is 12.0 Å². The SMILES string of the molecule is COc1ccc(C=O)cc1CN1CCCN(Cc2cc(C)ccc2C)S1(=O)=O. The largest absolute Gasteiger partial charge is 0.496 e. The van der Waals surface area contributed by atoms with Crippen LogP contribution >= 0.6 is 0 Å². The number of hydrogen-bond donors (Lipinski definition) is 0. The highest BCUT2D eigenvalue weighted by molar-refractivity contribution is 7.86. The summed E-state index contributed by atoms with van der Waals surface area (Å²) in [5, 5.41) is 0. The topological polar surface area (TPSA) is 66.9 Å². The number of rotatable bonds is 6. The van der Waals surface area contributed by atoms with Crippen LogP contribution in [0.2, 0.25) is 0 Å². The number of benzene rings is 2. The zero-order chi connectivity index (χ0) is 20.3. The van der Waals surface area contributed by atoms with Gasteiger partial charge in [0.2, 0.25) is 0 Å². The minimum absolute atomic E-state index is 0.177. The number of methoxy groups -OCH3 is 1. The maximum Gasteiger partial charge on any atom is 0.282 e. The normalized spacial score (nSPS) is 17.4. The first-order chi connectivity index (χ1) is 13.3. The van der Waals surface area contributed by atoms with Gasteiger partial charge in [-0.25, -0.2) is 0 Å². The smallest absolute Gasteiger partial charge is 0.282 e. The van der Waals surface area contributed by atoms with Gasteiger partial charge in [-0.05, 0) is 49.6 Å². The fourth-order valence-electron chi connectivity index (χ4n) is 3.48. The van der Waals surface area contributed by atoms with Crippen molar-refractivity contribution < 1.29 is 17.9 Å². The maximum atomic E-state index is 13.2. The molecule has 1 heterocycles. The summed E-state index contributed by atoms with van der Waals surface area (Å²) in [6, 6.07) is 11.1. The Kier molecular flexibility index (Phi) is 6.17. The van der Waals surface area contributed by atoms with Gasteiger partial charge in [0, 0.05) is 37.3 Å². The zero-order valence-corrected chi connectivity index (χ0v) is 17.3. The average Bonchev–Trinajstić information content (AvgIpc) is 2.67. The van der Waals surface area contributed by atoms with Crippen molar-refractivity contribution in [2.24, 2.45) is 0 Å². The Bertz CT molecular complexity index is 972. The lowest BCUT2D eigenvalue weighted by Crippen LogP contribution is -2.48. The lowest BCUT2D eigenvalue weighted by molar-refractivity contribution is 0.112. The van der Waals surface area contributed by atoms with Gasteiger partial charge in [0.05, 0.1) is 7.11 Å². The third-order valence-corrected chi connectivity index (χ3v) is 7.03. The first-order valence-electron chi connectivity index (χ1n) is 9.28. The van der Waals surface area contributed by atoms with Crippen molar-refractivity contribution in [2.75, 3.05) is 20.2 Å². The molecule has 3 rings (SSSR count). The zero-order valence-electron chi connectivity index (χ0n) is 16.5. The van der Waals surface area contributed by atoms with E-state index < -0.39 is 10.2 Å². The van der Waals surface area contributed by atoms with Gasteiger partial charge in [0.25, 0.3) is 10.2 Å². The lowest BCUT2D eigenvalue weighted by Gasteiger charge is -2.35. The van der Waals surface area contributed by atoms with Crippen LogP contribution in [0.25, 0.3) is 0 Å². The molecule has 0 saturated carbocycles. The molecule has 1 aliphatic heterocycles. The van der Waals surface area contributed by atoms with Crippen molar-refractivity contribution >= 4 is 16.5 Å². The van der Waals surface area contributed by atoms with E-state index in [0.29, 0.717) is 36.5 Å². The molecule has 150 valence electrons. The summed E-state index contributed by atoms with van der Waals surface area (Å²) in [7, 11) is -2.07. The van der Waals surface area contributed by atoms with E-state index in [2.05, 4.69) is 0 Å². The van der Waals surface area contributed by atoms with Crippen LogP contribution in [0.5, 0.6) is 5.75 Å². The molecule has 0 radical (unpaired) electrons. The number of ether oxygens (including phenoxy) is 1. The molecule has 7 heteroatoms. The number of hydrogen-bond acceptors (Lipinski definition) is 4. The van der Waals surface area contributed by atoms with E-state index >= 15 is 0 Å². The van der Waals surface area contributed by atoms with E-state index in [1.54, 1.807) is 18.2 Å². The molecule has 1 aliphatic rings. The highest BCUT2D eigenvalue weighted by atomic mass is 32.2. The molecule has 2 aromatic carbocycles. The Morgan fingerprint density at radius 2 is 1.68 bits per heavy atom. The summed E-state index contributed by atoms with van der Waals surface area (Å²) in [6.45, 7) is 5.48. The molecule has 0 bridgehead atoms. The molecular weight excluding hydrogens is 376 g/mol. The molecule has 1 fully saturated rings. The summed E-state index contributed by atoms with van der Waals surface area (Å²) in [5.41, 5.74) is 4.40. The monoisotopic (exact) mass is 402 g/mol. The van der Waals surface area contributed by atoms with Crippen LogP contribution < -0.4 is 4.74 Å². The summed E-state index contributed by atoms with van der Waals surface area (Å²) < 4.78 is 34.8. The quantitative estimate of drug-likeness (QED) is 0.697. The fourth-order valence-corrected chi connectivity index (χ4v) is 5.14. The number of carbonyl (C=O) groups is 1. The van der Waals surface area contributed by atoms with Gasteiger partial charge in [0.15, 0.2) is 0 Å². The molecular formula is C21H26N2O4S. The number of aryl methyl sites for hydroxylation is 2. The summed E-state index contributed by atoms with van der Waals surface area (Å²) >= 11 is 0. The van der Waals surface area contributed by atoms with Crippen LogP contribution in [-0.2, 0) is 23.3 Å². The van der Waals surface area contributed by atoms with Gasteiger partial charge in [-0.15, -0.1) is 0 Å². The van der Waals surface area contributed by atoms with Crippen molar-refractivity contribution in [3.63, 3.8) is 0 Å². The Morgan fingerprint density at radius 3 is 2.32 bits per heavy atom. The second kappa shape index (κ2) is 8.43. The van der Waals surface area contributed by atoms with Crippen molar-refractivity contribution in [1.82, 2.24) is 8.61 Å². The summed E-state index contributed by atoms with van der Waals surface area (Å²) in [6.07, 6.45) is 1.50. The standard InChI is InChI=1S/C21H26N2O4S/c1-16-5-6-17(2)19(11-16)13-22-9-4-10-23(28(22,25)26)14-20-12-18(15-24)7-8-21(20)27-3/h5-8,11-12,15H,4,9-10,13-14H2,1-3H3. The van der Waals surface area contributed by atoms with E-state index in [-0.39, 0.29) is 6.54 Å². The molecule has 0 aliphatic carbocycles. The highest BCUT2D eigenvalue weighted by Gasteiger charge is 2.34. The molecule has 0 amide bonds. The van der Waals surface area contributed by atoms with E-state index in [9.17, 15) is 13.2 Å². The van der Waals surface area contributed by atoms with Crippen molar-refractivity contribution in [1.29, 1.82) is 0 Å². The van der Waals surface area contributed by atoms with E-state index in [1.165, 1.54) is 15.7 Å². The molecule has 0 spiro atoms. The number of aldehydes is 1. The molecule has 0 atom stereocenters. The summed E-state index contributed by atoms with van der Waals surface area (Å²) in [5.74, 6) is 0.576. The van der Waals surface area contributed by atoms with Crippen LogP contribution in [0.1, 0.15) is 39.0 Å². The minimum atomic E-state index is -3.61. The number of carbonyl (C=O) groups excluding carboxylic acids is 1. The third kappa shape index (κ3) is 4.27.